The Morgan fingerprint density at radius 1 is 1.28 bits per heavy atom. The number of carboxylic acid groups (broad SMARTS) is 1. The number of para-hydroxylation sites is 1. The standard InChI is InChI=1S/C25H23N7O7S4/c1-13-30-31-24(42-13)41-11-15-21(22(36)37)32-19(35)8-20(32)43-25(15,29-17(33)9-26-38-2)16-12-40-23(27-16)28-18(34)10-39-14-6-4-3-5-7-14/h3-7,9,12,20H,8,10-11H2,1-2H3,(H,29,33)(H,36,37)(H,27,28,34)/t20-,25?/m0/s1. The van der Waals surface area contributed by atoms with E-state index in [0.717, 1.165) is 22.6 Å². The minimum Gasteiger partial charge on any atom is -0.484 e. The lowest BCUT2D eigenvalue weighted by Gasteiger charge is -2.51. The molecule has 0 saturated carbocycles. The number of carbonyl (C=O) groups is 4. The van der Waals surface area contributed by atoms with Gasteiger partial charge in [0.25, 0.3) is 11.8 Å². The molecule has 4 heterocycles. The van der Waals surface area contributed by atoms with Gasteiger partial charge in [0.05, 0.1) is 17.5 Å². The predicted molar refractivity (Wildman–Crippen MR) is 161 cm³/mol. The third-order valence-corrected chi connectivity index (χ3v) is 10.3. The molecule has 1 saturated heterocycles. The van der Waals surface area contributed by atoms with E-state index in [4.69, 9.17) is 4.74 Å². The number of nitrogens with one attached hydrogen (secondary N) is 2. The number of fused-ring (bicyclic) bond motifs is 1. The van der Waals surface area contributed by atoms with Crippen molar-refractivity contribution in [3.63, 3.8) is 0 Å². The van der Waals surface area contributed by atoms with Crippen LogP contribution in [0.25, 0.3) is 0 Å². The van der Waals surface area contributed by atoms with Crippen molar-refractivity contribution in [2.75, 3.05) is 24.8 Å². The van der Waals surface area contributed by atoms with E-state index in [2.05, 4.69) is 35.8 Å². The zero-order valence-electron chi connectivity index (χ0n) is 22.5. The number of thiazole rings is 1. The summed E-state index contributed by atoms with van der Waals surface area (Å²) in [5.74, 6) is -2.31. The fourth-order valence-corrected chi connectivity index (χ4v) is 8.73. The van der Waals surface area contributed by atoms with Gasteiger partial charge in [0.1, 0.15) is 29.8 Å². The Balaban J connectivity index is 1.51. The first-order valence-electron chi connectivity index (χ1n) is 12.4. The van der Waals surface area contributed by atoms with Crippen molar-refractivity contribution >= 4 is 81.2 Å². The summed E-state index contributed by atoms with van der Waals surface area (Å²) in [6.45, 7) is 1.52. The van der Waals surface area contributed by atoms with Crippen LogP contribution in [-0.4, -0.2) is 79.9 Å². The Bertz CT molecular complexity index is 1610. The smallest absolute Gasteiger partial charge is 0.352 e. The zero-order valence-corrected chi connectivity index (χ0v) is 25.8. The SMILES string of the molecule is CON=CC(=O)NC1(c2csc(NC(=O)COc3ccccc3)n2)S[C@H]2CC(=O)N2C(C(=O)O)=C1CSc1nnc(C)s1. The van der Waals surface area contributed by atoms with Gasteiger partial charge in [-0.25, -0.2) is 9.78 Å². The fourth-order valence-electron chi connectivity index (χ4n) is 4.21. The van der Waals surface area contributed by atoms with Gasteiger partial charge in [-0.2, -0.15) is 0 Å². The van der Waals surface area contributed by atoms with Crippen LogP contribution in [0.2, 0.25) is 0 Å². The molecule has 1 aromatic carbocycles. The molecule has 14 nitrogen and oxygen atoms in total. The number of hydrogen-bond acceptors (Lipinski definition) is 14. The molecule has 2 aromatic heterocycles. The lowest BCUT2D eigenvalue weighted by atomic mass is 9.98. The van der Waals surface area contributed by atoms with Crippen LogP contribution in [0.5, 0.6) is 5.75 Å². The first-order chi connectivity index (χ1) is 20.7. The summed E-state index contributed by atoms with van der Waals surface area (Å²) in [5.41, 5.74) is 0.192. The van der Waals surface area contributed by atoms with Crippen LogP contribution in [0.4, 0.5) is 5.13 Å². The number of hydrogen-bond donors (Lipinski definition) is 3. The van der Waals surface area contributed by atoms with Crippen LogP contribution < -0.4 is 15.4 Å². The summed E-state index contributed by atoms with van der Waals surface area (Å²) < 4.78 is 6.08. The third-order valence-electron chi connectivity index (χ3n) is 6.02. The highest BCUT2D eigenvalue weighted by molar-refractivity contribution is 8.02. The number of aliphatic carboxylic acids is 1. The number of carboxylic acids is 1. The molecule has 2 atom stereocenters. The number of oxime groups is 1. The van der Waals surface area contributed by atoms with E-state index in [1.165, 1.54) is 46.9 Å². The van der Waals surface area contributed by atoms with Crippen molar-refractivity contribution in [1.29, 1.82) is 0 Å². The summed E-state index contributed by atoms with van der Waals surface area (Å²) in [4.78, 5) is 59.9. The topological polar surface area (TPSA) is 185 Å². The van der Waals surface area contributed by atoms with Crippen LogP contribution in [0.3, 0.4) is 0 Å². The monoisotopic (exact) mass is 661 g/mol. The van der Waals surface area contributed by atoms with E-state index in [0.29, 0.717) is 10.1 Å². The number of aromatic nitrogens is 3. The van der Waals surface area contributed by atoms with Gasteiger partial charge in [-0.1, -0.05) is 58.2 Å². The van der Waals surface area contributed by atoms with Gasteiger partial charge in [0.15, 0.2) is 20.9 Å². The Labute approximate surface area is 260 Å². The van der Waals surface area contributed by atoms with Gasteiger partial charge in [-0.05, 0) is 19.1 Å². The quantitative estimate of drug-likeness (QED) is 0.112. The minimum absolute atomic E-state index is 0.0194. The number of β-lactam (4-membered cyclic amide) rings is 1. The molecule has 0 aliphatic carbocycles. The molecule has 5 rings (SSSR count). The Morgan fingerprint density at radius 3 is 2.74 bits per heavy atom. The summed E-state index contributed by atoms with van der Waals surface area (Å²) in [5, 5.41) is 29.5. The highest BCUT2D eigenvalue weighted by Crippen LogP contribution is 2.55. The molecule has 18 heteroatoms. The van der Waals surface area contributed by atoms with Crippen molar-refractivity contribution in [2.24, 2.45) is 5.16 Å². The van der Waals surface area contributed by atoms with Gasteiger partial charge >= 0.3 is 5.97 Å². The fraction of sp³-hybridized carbons (Fsp3) is 0.280. The molecule has 2 aliphatic rings. The Kier molecular flexibility index (Phi) is 9.28. The second-order valence-corrected chi connectivity index (χ2v) is 13.5. The van der Waals surface area contributed by atoms with E-state index in [-0.39, 0.29) is 46.8 Å². The van der Waals surface area contributed by atoms with Gasteiger partial charge in [0.2, 0.25) is 5.91 Å². The highest BCUT2D eigenvalue weighted by atomic mass is 32.2. The van der Waals surface area contributed by atoms with E-state index in [1.807, 2.05) is 6.07 Å². The highest BCUT2D eigenvalue weighted by Gasteiger charge is 2.57. The van der Waals surface area contributed by atoms with Crippen LogP contribution >= 0.6 is 46.2 Å². The Morgan fingerprint density at radius 2 is 2.07 bits per heavy atom. The van der Waals surface area contributed by atoms with Crippen molar-refractivity contribution in [3.8, 4) is 5.75 Å². The minimum atomic E-state index is -1.56. The summed E-state index contributed by atoms with van der Waals surface area (Å²) in [6.07, 6.45) is 0.974. The molecule has 3 amide bonds. The molecule has 1 fully saturated rings. The number of carbonyl (C=O) groups excluding carboxylic acids is 3. The first-order valence-corrected chi connectivity index (χ1v) is 16.0. The number of benzene rings is 1. The van der Waals surface area contributed by atoms with Crippen LogP contribution in [0.15, 0.2) is 56.5 Å². The average Bonchev–Trinajstić information content (AvgIpc) is 3.63. The molecule has 3 N–H and O–H groups in total. The molecule has 0 bridgehead atoms. The number of rotatable bonds is 12. The predicted octanol–water partition coefficient (Wildman–Crippen LogP) is 2.66. The Hall–Kier alpha value is -4.00. The molecule has 3 aromatic rings. The molecule has 0 radical (unpaired) electrons. The van der Waals surface area contributed by atoms with E-state index in [9.17, 15) is 24.3 Å². The van der Waals surface area contributed by atoms with Gasteiger partial charge < -0.3 is 20.0 Å². The summed E-state index contributed by atoms with van der Waals surface area (Å²) in [6, 6.07) is 8.83. The number of anilines is 1. The van der Waals surface area contributed by atoms with E-state index in [1.54, 1.807) is 36.6 Å². The molecular formula is C25H23N7O7S4. The zero-order chi connectivity index (χ0) is 30.6. The maximum atomic E-state index is 13.1. The van der Waals surface area contributed by atoms with Crippen molar-refractivity contribution in [3.05, 3.63) is 57.7 Å². The van der Waals surface area contributed by atoms with Crippen molar-refractivity contribution in [1.82, 2.24) is 25.4 Å². The summed E-state index contributed by atoms with van der Waals surface area (Å²) >= 11 is 4.79. The average molecular weight is 662 g/mol. The molecule has 224 valence electrons. The van der Waals surface area contributed by atoms with E-state index >= 15 is 0 Å². The van der Waals surface area contributed by atoms with Crippen LogP contribution in [-0.2, 0) is 28.9 Å². The largest absolute Gasteiger partial charge is 0.484 e. The van der Waals surface area contributed by atoms with Crippen LogP contribution in [0.1, 0.15) is 17.1 Å². The third kappa shape index (κ3) is 6.66. The lowest BCUT2D eigenvalue weighted by molar-refractivity contribution is -0.146. The van der Waals surface area contributed by atoms with Crippen molar-refractivity contribution in [2.45, 2.75) is 27.9 Å². The lowest BCUT2D eigenvalue weighted by Crippen LogP contribution is -2.61. The normalized spacial score (nSPS) is 19.5. The maximum Gasteiger partial charge on any atom is 0.352 e. The molecular weight excluding hydrogens is 639 g/mol. The number of aryl methyl sites for hydroxylation is 1. The van der Waals surface area contributed by atoms with Crippen molar-refractivity contribution < 1.29 is 33.9 Å². The second kappa shape index (κ2) is 13.1. The van der Waals surface area contributed by atoms with Gasteiger partial charge in [-0.3, -0.25) is 24.6 Å². The maximum absolute atomic E-state index is 13.1. The molecule has 43 heavy (non-hydrogen) atoms. The number of ether oxygens (including phenoxy) is 1. The van der Waals surface area contributed by atoms with E-state index < -0.39 is 28.0 Å². The first kappa shape index (κ1) is 30.5. The molecule has 2 aliphatic heterocycles. The second-order valence-electron chi connectivity index (χ2n) is 8.82. The van der Waals surface area contributed by atoms with Gasteiger partial charge in [0, 0.05) is 16.7 Å². The number of nitrogens with zero attached hydrogens (tertiary/aromatic N) is 5. The van der Waals surface area contributed by atoms with Gasteiger partial charge in [-0.15, -0.1) is 21.5 Å². The molecule has 0 spiro atoms. The number of amides is 3. The number of thioether (sulfide) groups is 2. The summed E-state index contributed by atoms with van der Waals surface area (Å²) in [7, 11) is 1.28. The van der Waals surface area contributed by atoms with Crippen LogP contribution in [0, 0.1) is 6.92 Å². The molecule has 1 unspecified atom stereocenters.